The van der Waals surface area contributed by atoms with E-state index in [2.05, 4.69) is 237 Å². The Morgan fingerprint density at radius 1 is 0.368 bits per heavy atom. The molecule has 0 fully saturated rings. The number of fused-ring (bicyclic) bond motifs is 18. The molecule has 133 heavy (non-hydrogen) atoms. The lowest BCUT2D eigenvalue weighted by molar-refractivity contribution is 0.0125. The van der Waals surface area contributed by atoms with Crippen molar-refractivity contribution >= 4 is 17.7 Å². The molecule has 0 saturated carbocycles. The number of unbranched alkanes of at least 4 members (excludes halogenated alkanes) is 1. The van der Waals surface area contributed by atoms with E-state index in [0.29, 0.717) is 22.2 Å². The Hall–Kier alpha value is -11.4. The third kappa shape index (κ3) is 19.8. The summed E-state index contributed by atoms with van der Waals surface area (Å²) >= 11 is 1.57. The standard InChI is InChI=1S/C20H24F2N2O.C20H27N3O.C20H26N2O.C17H20N2OS.2C17H20N2O/c1-12-6-7-14-13(10-12)11-19(2,3)16-17(14)23-15(24(5)18(16)25)8-9-20(4,21)22;1-7-10-22(5)19-21-17-15-9-8-13(2)11-14(15)12-20(3,4)16(17)18(24)23(19)6;1-6-7-8-16-21-18-15-10-9-13(2)11-14(15)12-20(3,4)17(18)19(23)22(16)5;1-5-21-16-18-14-12-7-6-10(2)8-11(12)9-17(3,4)13(14)15(20)19-16;2*1-10-6-7-13-12(8-10)9-17(3,4)14-15(13)18-11(2)19(5)16(14)20/h6-7,10H,8-9,11H2,1-5H3;8-9,11H,7,10,12H2,1-6H3;9-11H,6-8,12H2,1-5H3;6-8H,5,9H2,1-4H3,(H,18,19,20);2*6-8H,9H2,1-5H3. The molecule has 0 saturated heterocycles. The summed E-state index contributed by atoms with van der Waals surface area (Å²) in [6.45, 7) is 50.0. The van der Waals surface area contributed by atoms with Gasteiger partial charge in [0.15, 0.2) is 5.16 Å². The molecule has 6 aliphatic rings. The minimum Gasteiger partial charge on any atom is -0.345 e. The number of aryl methyl sites for hydroxylation is 10. The molecule has 0 radical (unpaired) electrons. The van der Waals surface area contributed by atoms with E-state index in [4.69, 9.17) is 24.9 Å². The summed E-state index contributed by atoms with van der Waals surface area (Å²) in [6.07, 6.45) is 8.97. The number of nitrogens with zero attached hydrogens (tertiary/aromatic N) is 12. The van der Waals surface area contributed by atoms with E-state index in [9.17, 15) is 37.5 Å². The Morgan fingerprint density at radius 2 is 0.639 bits per heavy atom. The topological polar surface area (TPSA) is 223 Å². The van der Waals surface area contributed by atoms with Gasteiger partial charge < -0.3 is 9.88 Å². The Balaban J connectivity index is 0.000000136. The number of aromatic nitrogens is 12. The van der Waals surface area contributed by atoms with Crippen LogP contribution in [0.2, 0.25) is 0 Å². The van der Waals surface area contributed by atoms with Crippen molar-refractivity contribution in [3.63, 3.8) is 0 Å². The van der Waals surface area contributed by atoms with Crippen LogP contribution in [0.3, 0.4) is 0 Å². The predicted octanol–water partition coefficient (Wildman–Crippen LogP) is 21.0. The number of benzene rings is 6. The van der Waals surface area contributed by atoms with E-state index in [0.717, 1.165) is 208 Å². The largest absolute Gasteiger partial charge is 0.345 e. The third-order valence-corrected chi connectivity index (χ3v) is 28.4. The van der Waals surface area contributed by atoms with Gasteiger partial charge in [-0.1, -0.05) is 265 Å². The monoisotopic (exact) mass is 1820 g/mol. The number of rotatable bonds is 11. The number of hydrogen-bond donors (Lipinski definition) is 1. The summed E-state index contributed by atoms with van der Waals surface area (Å²) in [5.41, 5.74) is 30.5. The lowest BCUT2D eigenvalue weighted by Crippen LogP contribution is -2.39. The van der Waals surface area contributed by atoms with Gasteiger partial charge in [0.05, 0.1) is 34.2 Å². The molecule has 6 aromatic heterocycles. The van der Waals surface area contributed by atoms with Gasteiger partial charge in [-0.3, -0.25) is 51.6 Å². The zero-order valence-electron chi connectivity index (χ0n) is 84.3. The number of nitrogens with one attached hydrogen (secondary N) is 1. The van der Waals surface area contributed by atoms with Crippen molar-refractivity contribution in [2.75, 3.05) is 24.2 Å². The Kier molecular flexibility index (Phi) is 27.9. The molecule has 0 spiro atoms. The van der Waals surface area contributed by atoms with Gasteiger partial charge in [-0.2, -0.15) is 0 Å². The van der Waals surface area contributed by atoms with E-state index >= 15 is 0 Å². The van der Waals surface area contributed by atoms with Crippen LogP contribution in [-0.2, 0) is 119 Å². The van der Waals surface area contributed by atoms with Crippen LogP contribution in [0.5, 0.6) is 0 Å². The molecule has 6 aliphatic carbocycles. The average Bonchev–Trinajstić information content (AvgIpc) is 0.752. The van der Waals surface area contributed by atoms with Crippen molar-refractivity contribution in [3.05, 3.63) is 295 Å². The SMILES string of the molecule is CCCCc1nc2c(c(=O)n1C)C(C)(C)Cc1cc(C)ccc1-2.CCCN(C)c1nc2c(c(=O)n1C)C(C)(C)Cc1cc(C)ccc1-2.CCSc1nc2c(c(=O)[nH]1)C(C)(C)Cc1cc(C)ccc1-2.Cc1ccc2c(c1)CC(C)(C)c1c-2nc(C)n(C)c1=O.Cc1ccc2c(c1)CC(C)(C)c1c-2nc(C)n(C)c1=O.Cc1ccc2c(c1)CC(C)(C)c1c-2nc(CCC(C)(F)F)n(C)c1=O. The summed E-state index contributed by atoms with van der Waals surface area (Å²) in [5.74, 6) is 1.70. The second kappa shape index (κ2) is 37.5. The first-order chi connectivity index (χ1) is 62.1. The number of alkyl halides is 2. The van der Waals surface area contributed by atoms with Crippen LogP contribution < -0.4 is 38.3 Å². The summed E-state index contributed by atoms with van der Waals surface area (Å²) in [5, 5.41) is 0.713. The first-order valence-electron chi connectivity index (χ1n) is 47.1. The summed E-state index contributed by atoms with van der Waals surface area (Å²) < 4.78 is 34.7. The maximum atomic E-state index is 13.3. The van der Waals surface area contributed by atoms with Crippen LogP contribution in [0, 0.1) is 55.4 Å². The van der Waals surface area contributed by atoms with Crippen molar-refractivity contribution < 1.29 is 8.78 Å². The van der Waals surface area contributed by atoms with E-state index in [1.807, 2.05) is 67.9 Å². The molecule has 0 amide bonds. The maximum Gasteiger partial charge on any atom is 0.259 e. The molecule has 18 rings (SSSR count). The van der Waals surface area contributed by atoms with Crippen LogP contribution >= 0.6 is 11.8 Å². The van der Waals surface area contributed by atoms with Gasteiger partial charge in [-0.05, 0) is 153 Å². The normalized spacial score (nSPS) is 15.4. The molecule has 0 atom stereocenters. The Bertz CT molecular complexity index is 6870. The third-order valence-electron chi connectivity index (χ3n) is 27.6. The molecule has 22 heteroatoms. The van der Waals surface area contributed by atoms with Crippen molar-refractivity contribution in [2.45, 2.75) is 287 Å². The highest BCUT2D eigenvalue weighted by Gasteiger charge is 2.43. The Labute approximate surface area is 788 Å². The van der Waals surface area contributed by atoms with Gasteiger partial charge in [0, 0.05) is 167 Å². The molecule has 6 heterocycles. The molecular formula is C111H137F2N13O6S. The highest BCUT2D eigenvalue weighted by molar-refractivity contribution is 7.99. The van der Waals surface area contributed by atoms with Crippen LogP contribution in [-0.4, -0.2) is 83.0 Å². The number of anilines is 1. The minimum atomic E-state index is -2.78. The molecule has 702 valence electrons. The van der Waals surface area contributed by atoms with E-state index in [1.165, 1.54) is 60.2 Å². The van der Waals surface area contributed by atoms with Gasteiger partial charge in [-0.25, -0.2) is 38.7 Å². The van der Waals surface area contributed by atoms with Gasteiger partial charge >= 0.3 is 0 Å². The summed E-state index contributed by atoms with van der Waals surface area (Å²) in [6, 6.07) is 38.3. The second-order valence-corrected chi connectivity index (χ2v) is 43.4. The van der Waals surface area contributed by atoms with Crippen molar-refractivity contribution in [1.82, 2.24) is 57.7 Å². The van der Waals surface area contributed by atoms with Gasteiger partial charge in [-0.15, -0.1) is 0 Å². The van der Waals surface area contributed by atoms with E-state index < -0.39 is 5.92 Å². The van der Waals surface area contributed by atoms with Crippen molar-refractivity contribution in [2.24, 2.45) is 35.2 Å². The summed E-state index contributed by atoms with van der Waals surface area (Å²) in [4.78, 5) is 111. The van der Waals surface area contributed by atoms with Crippen molar-refractivity contribution in [1.29, 1.82) is 0 Å². The van der Waals surface area contributed by atoms with Gasteiger partial charge in [0.25, 0.3) is 33.4 Å². The zero-order chi connectivity index (χ0) is 97.5. The maximum absolute atomic E-state index is 13.3. The molecular weight excluding hydrogens is 1680 g/mol. The van der Waals surface area contributed by atoms with E-state index in [1.54, 1.807) is 51.2 Å². The van der Waals surface area contributed by atoms with Gasteiger partial charge in [0.1, 0.15) is 23.3 Å². The van der Waals surface area contributed by atoms with Crippen LogP contribution in [0.25, 0.3) is 67.5 Å². The smallest absolute Gasteiger partial charge is 0.259 e. The predicted molar refractivity (Wildman–Crippen MR) is 541 cm³/mol. The van der Waals surface area contributed by atoms with Crippen molar-refractivity contribution in [3.8, 4) is 67.5 Å². The number of aromatic amines is 1. The van der Waals surface area contributed by atoms with Crippen LogP contribution in [0.4, 0.5) is 14.7 Å². The first-order valence-corrected chi connectivity index (χ1v) is 48.1. The first kappa shape index (κ1) is 99.1. The van der Waals surface area contributed by atoms with Gasteiger partial charge in [0.2, 0.25) is 11.9 Å². The van der Waals surface area contributed by atoms with Crippen LogP contribution in [0.1, 0.15) is 260 Å². The number of hydrogen-bond acceptors (Lipinski definition) is 14. The number of H-pyrrole nitrogens is 1. The zero-order valence-corrected chi connectivity index (χ0v) is 85.1. The lowest BCUT2D eigenvalue weighted by atomic mass is 9.72. The highest BCUT2D eigenvalue weighted by Crippen LogP contribution is 2.48. The number of thioether (sulfide) groups is 1. The molecule has 12 aromatic rings. The fraction of sp³-hybridized carbons (Fsp3) is 0.459. The molecule has 0 unspecified atom stereocenters. The molecule has 19 nitrogen and oxygen atoms in total. The highest BCUT2D eigenvalue weighted by atomic mass is 32.2. The fourth-order valence-electron chi connectivity index (χ4n) is 20.7. The Morgan fingerprint density at radius 3 is 0.932 bits per heavy atom. The lowest BCUT2D eigenvalue weighted by Gasteiger charge is -2.34. The van der Waals surface area contributed by atoms with Crippen LogP contribution in [0.15, 0.2) is 143 Å². The molecule has 1 N–H and O–H groups in total. The minimum absolute atomic E-state index is 0.00664. The average molecular weight is 1820 g/mol. The summed E-state index contributed by atoms with van der Waals surface area (Å²) in [7, 11) is 10.9. The molecule has 0 bridgehead atoms. The molecule has 6 aromatic carbocycles. The second-order valence-electron chi connectivity index (χ2n) is 42.2. The number of halogens is 2. The quantitative estimate of drug-likeness (QED) is 0.0940. The molecule has 0 aliphatic heterocycles. The fourth-order valence-corrected chi connectivity index (χ4v) is 21.3. The van der Waals surface area contributed by atoms with E-state index in [-0.39, 0.29) is 78.7 Å².